The average Bonchev–Trinajstić information content (AvgIpc) is 2.75. The highest BCUT2D eigenvalue weighted by atomic mass is 16.5. The summed E-state index contributed by atoms with van der Waals surface area (Å²) >= 11 is 0. The van der Waals surface area contributed by atoms with Gasteiger partial charge in [0.15, 0.2) is 17.3 Å². The van der Waals surface area contributed by atoms with Crippen LogP contribution < -0.4 is 14.8 Å². The fraction of sp³-hybridized carbons (Fsp3) is 0.296. The predicted molar refractivity (Wildman–Crippen MR) is 125 cm³/mol. The lowest BCUT2D eigenvalue weighted by atomic mass is 9.68. The van der Waals surface area contributed by atoms with E-state index in [1.165, 1.54) is 0 Å². The van der Waals surface area contributed by atoms with Gasteiger partial charge < -0.3 is 14.8 Å². The Labute approximate surface area is 182 Å². The van der Waals surface area contributed by atoms with Gasteiger partial charge >= 0.3 is 0 Å². The van der Waals surface area contributed by atoms with Crippen LogP contribution >= 0.6 is 0 Å². The van der Waals surface area contributed by atoms with E-state index >= 15 is 0 Å². The first-order chi connectivity index (χ1) is 14.9. The Balaban J connectivity index is 1.73. The second-order valence-corrected chi connectivity index (χ2v) is 9.28. The molecular weight excluding hydrogens is 386 g/mol. The van der Waals surface area contributed by atoms with Crippen LogP contribution in [0.1, 0.15) is 43.9 Å². The van der Waals surface area contributed by atoms with E-state index in [1.54, 1.807) is 14.2 Å². The van der Waals surface area contributed by atoms with Gasteiger partial charge in [-0.15, -0.1) is 0 Å². The molecule has 1 aliphatic heterocycles. The molecule has 1 heterocycles. The van der Waals surface area contributed by atoms with Crippen molar-refractivity contribution < 1.29 is 14.3 Å². The molecule has 0 saturated carbocycles. The molecule has 0 saturated heterocycles. The fourth-order valence-corrected chi connectivity index (χ4v) is 5.06. The number of Topliss-reactive ketones (excluding diaryl/α,β-unsaturated/α-hetero) is 1. The number of ketones is 1. The van der Waals surface area contributed by atoms with Gasteiger partial charge in [-0.25, -0.2) is 0 Å². The van der Waals surface area contributed by atoms with E-state index in [0.717, 1.165) is 45.2 Å². The highest BCUT2D eigenvalue weighted by Crippen LogP contribution is 2.51. The van der Waals surface area contributed by atoms with Crippen molar-refractivity contribution in [2.24, 2.45) is 5.41 Å². The van der Waals surface area contributed by atoms with Crippen LogP contribution in [0.4, 0.5) is 5.69 Å². The van der Waals surface area contributed by atoms with Crippen LogP contribution in [0.3, 0.4) is 0 Å². The third-order valence-corrected chi connectivity index (χ3v) is 6.45. The first-order valence-corrected chi connectivity index (χ1v) is 10.7. The molecule has 0 radical (unpaired) electrons. The number of ether oxygens (including phenoxy) is 2. The average molecular weight is 414 g/mol. The molecule has 158 valence electrons. The lowest BCUT2D eigenvalue weighted by Gasteiger charge is -2.40. The summed E-state index contributed by atoms with van der Waals surface area (Å²) in [5.41, 5.74) is 5.07. The molecule has 1 N–H and O–H groups in total. The zero-order valence-corrected chi connectivity index (χ0v) is 18.4. The molecular formula is C27H27NO3. The van der Waals surface area contributed by atoms with Crippen molar-refractivity contribution in [3.05, 3.63) is 71.3 Å². The second-order valence-electron chi connectivity index (χ2n) is 9.28. The van der Waals surface area contributed by atoms with E-state index in [9.17, 15) is 4.79 Å². The zero-order chi connectivity index (χ0) is 21.8. The zero-order valence-electron chi connectivity index (χ0n) is 18.4. The third-order valence-electron chi connectivity index (χ3n) is 6.45. The van der Waals surface area contributed by atoms with Gasteiger partial charge in [0.1, 0.15) is 0 Å². The Morgan fingerprint density at radius 3 is 2.32 bits per heavy atom. The molecule has 3 aromatic rings. The van der Waals surface area contributed by atoms with Gasteiger partial charge in [-0.05, 0) is 58.0 Å². The number of rotatable bonds is 3. The van der Waals surface area contributed by atoms with E-state index in [0.29, 0.717) is 17.9 Å². The highest BCUT2D eigenvalue weighted by Gasteiger charge is 2.40. The molecule has 0 aromatic heterocycles. The molecule has 1 aliphatic carbocycles. The number of hydrogen-bond acceptors (Lipinski definition) is 4. The summed E-state index contributed by atoms with van der Waals surface area (Å²) in [6, 6.07) is 18.5. The molecule has 0 fully saturated rings. The third kappa shape index (κ3) is 3.27. The number of anilines is 1. The molecule has 0 spiro atoms. The summed E-state index contributed by atoms with van der Waals surface area (Å²) in [6.45, 7) is 4.35. The van der Waals surface area contributed by atoms with Crippen LogP contribution in [-0.4, -0.2) is 20.0 Å². The van der Waals surface area contributed by atoms with Crippen molar-refractivity contribution in [1.29, 1.82) is 0 Å². The van der Waals surface area contributed by atoms with Crippen molar-refractivity contribution in [3.8, 4) is 11.5 Å². The minimum Gasteiger partial charge on any atom is -0.493 e. The number of nitrogens with one attached hydrogen (secondary N) is 1. The summed E-state index contributed by atoms with van der Waals surface area (Å²) in [6.07, 6.45) is 1.43. The number of allylic oxidation sites excluding steroid dienone is 1. The summed E-state index contributed by atoms with van der Waals surface area (Å²) in [4.78, 5) is 13.4. The number of hydrogen-bond donors (Lipinski definition) is 1. The normalized spacial score (nSPS) is 19.5. The molecule has 3 aromatic carbocycles. The topological polar surface area (TPSA) is 47.6 Å². The highest BCUT2D eigenvalue weighted by molar-refractivity contribution is 6.25. The van der Waals surface area contributed by atoms with Crippen LogP contribution in [0.25, 0.3) is 16.3 Å². The molecule has 0 amide bonds. The predicted octanol–water partition coefficient (Wildman–Crippen LogP) is 6.17. The maximum absolute atomic E-state index is 13.4. The quantitative estimate of drug-likeness (QED) is 0.558. The van der Waals surface area contributed by atoms with Crippen molar-refractivity contribution >= 4 is 27.8 Å². The van der Waals surface area contributed by atoms with Crippen LogP contribution in [-0.2, 0) is 4.79 Å². The maximum atomic E-state index is 13.4. The number of methoxy groups -OCH3 is 2. The second kappa shape index (κ2) is 7.16. The Morgan fingerprint density at radius 2 is 1.61 bits per heavy atom. The first-order valence-electron chi connectivity index (χ1n) is 10.7. The molecule has 5 rings (SSSR count). The Bertz CT molecular complexity index is 1240. The van der Waals surface area contributed by atoms with E-state index in [-0.39, 0.29) is 17.2 Å². The van der Waals surface area contributed by atoms with E-state index in [2.05, 4.69) is 49.5 Å². The summed E-state index contributed by atoms with van der Waals surface area (Å²) in [5.74, 6) is 1.62. The van der Waals surface area contributed by atoms with Gasteiger partial charge in [-0.2, -0.15) is 0 Å². The van der Waals surface area contributed by atoms with Gasteiger partial charge in [0.05, 0.1) is 20.3 Å². The van der Waals surface area contributed by atoms with E-state index in [1.807, 2.05) is 24.3 Å². The van der Waals surface area contributed by atoms with Gasteiger partial charge in [0.2, 0.25) is 0 Å². The number of benzene rings is 3. The van der Waals surface area contributed by atoms with Crippen LogP contribution in [0, 0.1) is 5.41 Å². The minimum atomic E-state index is -0.0907. The van der Waals surface area contributed by atoms with Crippen LogP contribution in [0.2, 0.25) is 0 Å². The standard InChI is InChI=1S/C27H27NO3/c1-27(2)14-20-25(22(29)15-27)19-11-16-7-5-6-8-17(16)12-21(19)28-26(20)18-9-10-23(30-3)24(13-18)31-4/h5-13,26,28H,14-15H2,1-4H3/t26-/m0/s1. The van der Waals surface area contributed by atoms with Gasteiger partial charge in [0, 0.05) is 23.2 Å². The lowest BCUT2D eigenvalue weighted by Crippen LogP contribution is -2.32. The number of carbonyl (C=O) groups is 1. The van der Waals surface area contributed by atoms with Crippen LogP contribution in [0.15, 0.2) is 60.2 Å². The Hall–Kier alpha value is -3.27. The largest absolute Gasteiger partial charge is 0.493 e. The van der Waals surface area contributed by atoms with Crippen molar-refractivity contribution in [2.45, 2.75) is 32.7 Å². The molecule has 1 atom stereocenters. The van der Waals surface area contributed by atoms with Crippen molar-refractivity contribution in [1.82, 2.24) is 0 Å². The molecule has 2 aliphatic rings. The molecule has 4 nitrogen and oxygen atoms in total. The van der Waals surface area contributed by atoms with Crippen LogP contribution in [0.5, 0.6) is 11.5 Å². The van der Waals surface area contributed by atoms with E-state index < -0.39 is 0 Å². The summed E-state index contributed by atoms with van der Waals surface area (Å²) in [7, 11) is 3.29. The molecule has 31 heavy (non-hydrogen) atoms. The fourth-order valence-electron chi connectivity index (χ4n) is 5.06. The molecule has 0 bridgehead atoms. The maximum Gasteiger partial charge on any atom is 0.164 e. The Kier molecular flexibility index (Phi) is 4.54. The van der Waals surface area contributed by atoms with Gasteiger partial charge in [-0.3, -0.25) is 4.79 Å². The van der Waals surface area contributed by atoms with Crippen molar-refractivity contribution in [3.63, 3.8) is 0 Å². The van der Waals surface area contributed by atoms with Gasteiger partial charge in [0.25, 0.3) is 0 Å². The Morgan fingerprint density at radius 1 is 0.903 bits per heavy atom. The SMILES string of the molecule is COc1ccc([C@@H]2Nc3cc4ccccc4cc3C3=C2CC(C)(C)CC3=O)cc1OC. The lowest BCUT2D eigenvalue weighted by molar-refractivity contribution is -0.116. The van der Waals surface area contributed by atoms with Gasteiger partial charge in [-0.1, -0.05) is 44.2 Å². The molecule has 4 heteroatoms. The minimum absolute atomic E-state index is 0.0687. The first kappa shape index (κ1) is 19.7. The van der Waals surface area contributed by atoms with Crippen molar-refractivity contribution in [2.75, 3.05) is 19.5 Å². The monoisotopic (exact) mass is 413 g/mol. The summed E-state index contributed by atoms with van der Waals surface area (Å²) < 4.78 is 11.0. The summed E-state index contributed by atoms with van der Waals surface area (Å²) in [5, 5.41) is 6.06. The number of carbonyl (C=O) groups excluding carboxylic acids is 1. The smallest absolute Gasteiger partial charge is 0.164 e. The molecule has 0 unspecified atom stereocenters. The van der Waals surface area contributed by atoms with E-state index in [4.69, 9.17) is 9.47 Å². The number of fused-ring (bicyclic) bond motifs is 3.